The van der Waals surface area contributed by atoms with Crippen molar-refractivity contribution in [2.24, 2.45) is 0 Å². The largest absolute Gasteiger partial charge is 0.481 e. The highest BCUT2D eigenvalue weighted by atomic mass is 28.4. The number of carbonyl (C=O) groups excluding carboxylic acids is 1. The lowest BCUT2D eigenvalue weighted by molar-refractivity contribution is -0.152. The molecule has 1 aliphatic heterocycles. The summed E-state index contributed by atoms with van der Waals surface area (Å²) in [7, 11) is -2.21. The van der Waals surface area contributed by atoms with Crippen LogP contribution in [0.25, 0.3) is 0 Å². The molecule has 0 aliphatic carbocycles. The molecular formula is C20H32N2O8Si. The molecule has 2 heterocycles. The van der Waals surface area contributed by atoms with Gasteiger partial charge in [-0.25, -0.2) is 4.79 Å². The van der Waals surface area contributed by atoms with Crippen molar-refractivity contribution in [3.8, 4) is 0 Å². The lowest BCUT2D eigenvalue weighted by Gasteiger charge is -2.39. The summed E-state index contributed by atoms with van der Waals surface area (Å²) in [5.74, 6) is -1.72. The summed E-state index contributed by atoms with van der Waals surface area (Å²) in [5.41, 5.74) is -0.684. The molecule has 2 N–H and O–H groups in total. The smallest absolute Gasteiger partial charge is 0.330 e. The maximum Gasteiger partial charge on any atom is 0.330 e. The first-order valence-corrected chi connectivity index (χ1v) is 13.1. The van der Waals surface area contributed by atoms with Gasteiger partial charge < -0.3 is 19.0 Å². The predicted molar refractivity (Wildman–Crippen MR) is 114 cm³/mol. The van der Waals surface area contributed by atoms with Gasteiger partial charge in [-0.2, -0.15) is 0 Å². The van der Waals surface area contributed by atoms with Crippen LogP contribution in [0.3, 0.4) is 0 Å². The first-order valence-electron chi connectivity index (χ1n) is 10.2. The lowest BCUT2D eigenvalue weighted by atomic mass is 10.2. The second kappa shape index (κ2) is 9.49. The molecule has 0 unspecified atom stereocenters. The number of ether oxygens (including phenoxy) is 2. The van der Waals surface area contributed by atoms with Gasteiger partial charge in [0.1, 0.15) is 18.9 Å². The van der Waals surface area contributed by atoms with E-state index in [4.69, 9.17) is 19.0 Å². The number of carbonyl (C=O) groups is 2. The van der Waals surface area contributed by atoms with Gasteiger partial charge in [0.25, 0.3) is 5.56 Å². The molecular weight excluding hydrogens is 424 g/mol. The van der Waals surface area contributed by atoms with Gasteiger partial charge in [0.15, 0.2) is 8.32 Å². The van der Waals surface area contributed by atoms with Crippen LogP contribution in [0.5, 0.6) is 0 Å². The van der Waals surface area contributed by atoms with Gasteiger partial charge in [-0.15, -0.1) is 0 Å². The normalized spacial score (nSPS) is 21.8. The third-order valence-corrected chi connectivity index (χ3v) is 10.3. The Bertz CT molecular complexity index is 930. The van der Waals surface area contributed by atoms with Crippen LogP contribution >= 0.6 is 0 Å². The van der Waals surface area contributed by atoms with Crippen molar-refractivity contribution in [2.75, 3.05) is 6.61 Å². The van der Waals surface area contributed by atoms with E-state index < -0.39 is 49.9 Å². The molecule has 3 atom stereocenters. The van der Waals surface area contributed by atoms with Crippen molar-refractivity contribution in [3.05, 3.63) is 32.6 Å². The third-order valence-electron chi connectivity index (χ3n) is 5.84. The maximum absolute atomic E-state index is 12.3. The van der Waals surface area contributed by atoms with Crippen molar-refractivity contribution in [1.29, 1.82) is 0 Å². The van der Waals surface area contributed by atoms with E-state index in [0.717, 1.165) is 0 Å². The number of carboxylic acid groups (broad SMARTS) is 1. The summed E-state index contributed by atoms with van der Waals surface area (Å²) < 4.78 is 19.0. The fraction of sp³-hybridized carbons (Fsp3) is 0.700. The SMILES string of the molecule is Cc1cn([C@H]2C[C@@H](O[Si](C)(C)C(C)(C)C)[C@@H](COC(=O)CCC(=O)O)O2)c(=O)[nH]c1=O. The number of rotatable bonds is 8. The van der Waals surface area contributed by atoms with Crippen LogP contribution in [0.15, 0.2) is 15.8 Å². The van der Waals surface area contributed by atoms with E-state index in [1.165, 1.54) is 10.8 Å². The van der Waals surface area contributed by atoms with Crippen LogP contribution in [0.1, 0.15) is 51.8 Å². The number of hydrogen-bond acceptors (Lipinski definition) is 7. The first-order chi connectivity index (χ1) is 14.2. The Morgan fingerprint density at radius 2 is 1.94 bits per heavy atom. The predicted octanol–water partition coefficient (Wildman–Crippen LogP) is 1.93. The van der Waals surface area contributed by atoms with E-state index in [1.807, 2.05) is 0 Å². The zero-order chi connectivity index (χ0) is 23.6. The third kappa shape index (κ3) is 6.37. The number of hydrogen-bond donors (Lipinski definition) is 2. The van der Waals surface area contributed by atoms with Gasteiger partial charge in [0, 0.05) is 18.2 Å². The van der Waals surface area contributed by atoms with Crippen LogP contribution in [0, 0.1) is 6.92 Å². The maximum atomic E-state index is 12.3. The zero-order valence-corrected chi connectivity index (χ0v) is 19.9. The van der Waals surface area contributed by atoms with Crippen molar-refractivity contribution < 1.29 is 28.6 Å². The summed E-state index contributed by atoms with van der Waals surface area (Å²) in [6.07, 6.45) is -0.531. The second-order valence-electron chi connectivity index (χ2n) is 9.34. The highest BCUT2D eigenvalue weighted by Crippen LogP contribution is 2.41. The Kier molecular flexibility index (Phi) is 7.66. The summed E-state index contributed by atoms with van der Waals surface area (Å²) in [4.78, 5) is 48.8. The number of aliphatic carboxylic acids is 1. The molecule has 0 aromatic carbocycles. The van der Waals surface area contributed by atoms with Crippen molar-refractivity contribution in [3.63, 3.8) is 0 Å². The number of nitrogens with one attached hydrogen (secondary N) is 1. The summed E-state index contributed by atoms with van der Waals surface area (Å²) >= 11 is 0. The van der Waals surface area contributed by atoms with E-state index >= 15 is 0 Å². The van der Waals surface area contributed by atoms with Gasteiger partial charge in [0.05, 0.1) is 18.9 Å². The van der Waals surface area contributed by atoms with Gasteiger partial charge in [0.2, 0.25) is 0 Å². The topological polar surface area (TPSA) is 137 Å². The van der Waals surface area contributed by atoms with Gasteiger partial charge >= 0.3 is 17.6 Å². The molecule has 1 aromatic heterocycles. The molecule has 1 aliphatic rings. The molecule has 1 aromatic rings. The van der Waals surface area contributed by atoms with Crippen LogP contribution in [0.4, 0.5) is 0 Å². The molecule has 0 spiro atoms. The summed E-state index contributed by atoms with van der Waals surface area (Å²) in [5, 5.41) is 8.64. The van der Waals surface area contributed by atoms with Gasteiger partial charge in [-0.1, -0.05) is 20.8 Å². The fourth-order valence-corrected chi connectivity index (χ4v) is 4.32. The number of carboxylic acids is 1. The minimum Gasteiger partial charge on any atom is -0.481 e. The van der Waals surface area contributed by atoms with Gasteiger partial charge in [-0.05, 0) is 25.1 Å². The van der Waals surface area contributed by atoms with Crippen LogP contribution < -0.4 is 11.2 Å². The average Bonchev–Trinajstić information content (AvgIpc) is 3.02. The molecule has 1 fully saturated rings. The molecule has 174 valence electrons. The monoisotopic (exact) mass is 456 g/mol. The average molecular weight is 457 g/mol. The molecule has 0 saturated carbocycles. The second-order valence-corrected chi connectivity index (χ2v) is 14.1. The van der Waals surface area contributed by atoms with Crippen molar-refractivity contribution in [2.45, 2.75) is 83.5 Å². The zero-order valence-electron chi connectivity index (χ0n) is 18.9. The van der Waals surface area contributed by atoms with E-state index in [1.54, 1.807) is 6.92 Å². The minimum atomic E-state index is -2.21. The minimum absolute atomic E-state index is 0.0702. The molecule has 1 saturated heterocycles. The Morgan fingerprint density at radius 3 is 2.52 bits per heavy atom. The number of esters is 1. The molecule has 0 amide bonds. The van der Waals surface area contributed by atoms with E-state index in [9.17, 15) is 19.2 Å². The molecule has 10 nitrogen and oxygen atoms in total. The number of aromatic nitrogens is 2. The molecule has 2 rings (SSSR count). The number of nitrogens with zero attached hydrogens (tertiary/aromatic N) is 1. The number of aryl methyl sites for hydroxylation is 1. The molecule has 31 heavy (non-hydrogen) atoms. The number of H-pyrrole nitrogens is 1. The first kappa shape index (κ1) is 25.0. The Labute approximate surface area is 181 Å². The Hall–Kier alpha value is -2.24. The quantitative estimate of drug-likeness (QED) is 0.447. The van der Waals surface area contributed by atoms with E-state index in [-0.39, 0.29) is 24.5 Å². The van der Waals surface area contributed by atoms with Crippen molar-refractivity contribution >= 4 is 20.3 Å². The van der Waals surface area contributed by atoms with Gasteiger partial charge in [-0.3, -0.25) is 23.9 Å². The molecule has 11 heteroatoms. The van der Waals surface area contributed by atoms with Crippen molar-refractivity contribution in [1.82, 2.24) is 9.55 Å². The number of aromatic amines is 1. The van der Waals surface area contributed by atoms with Crippen LogP contribution in [-0.2, 0) is 23.5 Å². The highest BCUT2D eigenvalue weighted by Gasteiger charge is 2.45. The highest BCUT2D eigenvalue weighted by molar-refractivity contribution is 6.74. The Balaban J connectivity index is 2.22. The fourth-order valence-electron chi connectivity index (χ4n) is 2.96. The molecule has 0 radical (unpaired) electrons. The Morgan fingerprint density at radius 1 is 1.29 bits per heavy atom. The van der Waals surface area contributed by atoms with E-state index in [2.05, 4.69) is 38.8 Å². The molecule has 0 bridgehead atoms. The standard InChI is InChI=1S/C20H32N2O8Si/c1-12-10-22(19(27)21-18(12)26)15-9-13(30-31(5,6)20(2,3)4)14(29-15)11-28-17(25)8-7-16(23)24/h10,13-15H,7-9,11H2,1-6H3,(H,23,24)(H,21,26,27)/t13-,14-,15-/m1/s1. The summed E-state index contributed by atoms with van der Waals surface area (Å²) in [6, 6.07) is 0. The van der Waals surface area contributed by atoms with E-state index in [0.29, 0.717) is 12.0 Å². The lowest BCUT2D eigenvalue weighted by Crippen LogP contribution is -2.46. The summed E-state index contributed by atoms with van der Waals surface area (Å²) in [6.45, 7) is 12.0. The van der Waals surface area contributed by atoms with Crippen LogP contribution in [0.2, 0.25) is 18.1 Å². The van der Waals surface area contributed by atoms with Crippen LogP contribution in [-0.4, -0.2) is 53.7 Å².